The Morgan fingerprint density at radius 2 is 2.14 bits per heavy atom. The molecule has 0 bridgehead atoms. The SMILES string of the molecule is Cc1cc(N)ncc1C=CCNC(=O)OCc1ccccc1. The zero-order valence-electron chi connectivity index (χ0n) is 12.5. The molecule has 1 aromatic heterocycles. The second-order valence-electron chi connectivity index (χ2n) is 4.81. The molecule has 2 rings (SSSR count). The number of ether oxygens (including phenoxy) is 1. The third-order valence-corrected chi connectivity index (χ3v) is 3.05. The predicted molar refractivity (Wildman–Crippen MR) is 87.1 cm³/mol. The number of rotatable bonds is 5. The molecule has 0 radical (unpaired) electrons. The van der Waals surface area contributed by atoms with Gasteiger partial charge in [-0.1, -0.05) is 42.5 Å². The Kier molecular flexibility index (Phi) is 5.54. The molecule has 1 amide bonds. The molecule has 3 N–H and O–H groups in total. The van der Waals surface area contributed by atoms with Crippen molar-refractivity contribution in [1.82, 2.24) is 10.3 Å². The number of benzene rings is 1. The predicted octanol–water partition coefficient (Wildman–Crippen LogP) is 2.91. The van der Waals surface area contributed by atoms with Crippen LogP contribution in [0, 0.1) is 6.92 Å². The van der Waals surface area contributed by atoms with Gasteiger partial charge in [0.2, 0.25) is 0 Å². The molecule has 0 saturated carbocycles. The lowest BCUT2D eigenvalue weighted by Crippen LogP contribution is -2.24. The number of anilines is 1. The van der Waals surface area contributed by atoms with E-state index < -0.39 is 6.09 Å². The van der Waals surface area contributed by atoms with Gasteiger partial charge in [0.1, 0.15) is 12.4 Å². The number of amides is 1. The molecule has 0 unspecified atom stereocenters. The van der Waals surface area contributed by atoms with Gasteiger partial charge in [-0.25, -0.2) is 9.78 Å². The molecule has 5 nitrogen and oxygen atoms in total. The second kappa shape index (κ2) is 7.83. The van der Waals surface area contributed by atoms with Crippen molar-refractivity contribution in [2.45, 2.75) is 13.5 Å². The monoisotopic (exact) mass is 297 g/mol. The Morgan fingerprint density at radius 1 is 1.36 bits per heavy atom. The van der Waals surface area contributed by atoms with Gasteiger partial charge in [-0.2, -0.15) is 0 Å². The van der Waals surface area contributed by atoms with Crippen LogP contribution in [0.1, 0.15) is 16.7 Å². The summed E-state index contributed by atoms with van der Waals surface area (Å²) in [5.41, 5.74) is 8.55. The van der Waals surface area contributed by atoms with Gasteiger partial charge >= 0.3 is 6.09 Å². The van der Waals surface area contributed by atoms with Crippen LogP contribution in [-0.2, 0) is 11.3 Å². The summed E-state index contributed by atoms with van der Waals surface area (Å²) < 4.78 is 5.11. The highest BCUT2D eigenvalue weighted by Crippen LogP contribution is 2.10. The summed E-state index contributed by atoms with van der Waals surface area (Å²) in [6.45, 7) is 2.61. The Morgan fingerprint density at radius 3 is 2.86 bits per heavy atom. The fourth-order valence-electron chi connectivity index (χ4n) is 1.87. The van der Waals surface area contributed by atoms with Gasteiger partial charge in [0.15, 0.2) is 0 Å². The lowest BCUT2D eigenvalue weighted by molar-refractivity contribution is 0.141. The maximum atomic E-state index is 11.5. The average Bonchev–Trinajstić information content (AvgIpc) is 2.52. The fraction of sp³-hybridized carbons (Fsp3) is 0.176. The topological polar surface area (TPSA) is 77.2 Å². The zero-order valence-corrected chi connectivity index (χ0v) is 12.5. The normalized spacial score (nSPS) is 10.6. The molecule has 0 aliphatic carbocycles. The maximum Gasteiger partial charge on any atom is 0.407 e. The molecule has 22 heavy (non-hydrogen) atoms. The van der Waals surface area contributed by atoms with E-state index in [1.807, 2.05) is 49.4 Å². The number of carbonyl (C=O) groups is 1. The number of nitrogens with zero attached hydrogens (tertiary/aromatic N) is 1. The highest BCUT2D eigenvalue weighted by Gasteiger charge is 2.00. The number of hydrogen-bond acceptors (Lipinski definition) is 4. The minimum Gasteiger partial charge on any atom is -0.445 e. The van der Waals surface area contributed by atoms with Crippen LogP contribution in [0.25, 0.3) is 6.08 Å². The Labute approximate surface area is 129 Å². The first-order valence-corrected chi connectivity index (χ1v) is 6.98. The molecule has 0 saturated heterocycles. The second-order valence-corrected chi connectivity index (χ2v) is 4.81. The zero-order chi connectivity index (χ0) is 15.8. The number of hydrogen-bond donors (Lipinski definition) is 2. The first-order chi connectivity index (χ1) is 10.6. The van der Waals surface area contributed by atoms with Crippen LogP contribution in [0.2, 0.25) is 0 Å². The standard InChI is InChI=1S/C17H19N3O2/c1-13-10-16(18)20-11-15(13)8-5-9-19-17(21)22-12-14-6-3-2-4-7-14/h2-8,10-11H,9,12H2,1H3,(H2,18,20)(H,19,21). The van der Waals surface area contributed by atoms with Gasteiger partial charge in [0.05, 0.1) is 0 Å². The van der Waals surface area contributed by atoms with E-state index in [0.29, 0.717) is 12.4 Å². The Hall–Kier alpha value is -2.82. The molecule has 0 aliphatic heterocycles. The summed E-state index contributed by atoms with van der Waals surface area (Å²) in [7, 11) is 0. The highest BCUT2D eigenvalue weighted by atomic mass is 16.5. The smallest absolute Gasteiger partial charge is 0.407 e. The van der Waals surface area contributed by atoms with E-state index in [1.165, 1.54) is 0 Å². The van der Waals surface area contributed by atoms with E-state index >= 15 is 0 Å². The van der Waals surface area contributed by atoms with Crippen molar-refractivity contribution in [1.29, 1.82) is 0 Å². The summed E-state index contributed by atoms with van der Waals surface area (Å²) >= 11 is 0. The molecule has 0 fully saturated rings. The van der Waals surface area contributed by atoms with Gasteiger partial charge in [0, 0.05) is 12.7 Å². The van der Waals surface area contributed by atoms with Crippen molar-refractivity contribution >= 4 is 18.0 Å². The number of nitrogens with two attached hydrogens (primary N) is 1. The van der Waals surface area contributed by atoms with Crippen molar-refractivity contribution in [3.8, 4) is 0 Å². The number of aromatic nitrogens is 1. The lowest BCUT2D eigenvalue weighted by Gasteiger charge is -2.05. The van der Waals surface area contributed by atoms with Gasteiger partial charge in [0.25, 0.3) is 0 Å². The largest absolute Gasteiger partial charge is 0.445 e. The van der Waals surface area contributed by atoms with Crippen molar-refractivity contribution in [2.75, 3.05) is 12.3 Å². The molecule has 2 aromatic rings. The van der Waals surface area contributed by atoms with Gasteiger partial charge in [-0.15, -0.1) is 0 Å². The Balaban J connectivity index is 1.73. The maximum absolute atomic E-state index is 11.5. The molecule has 1 aromatic carbocycles. The van der Waals surface area contributed by atoms with Crippen molar-refractivity contribution in [3.05, 3.63) is 65.4 Å². The summed E-state index contributed by atoms with van der Waals surface area (Å²) in [6.07, 6.45) is 4.98. The van der Waals surface area contributed by atoms with Crippen LogP contribution in [0.3, 0.4) is 0 Å². The van der Waals surface area contributed by atoms with Crippen molar-refractivity contribution in [2.24, 2.45) is 0 Å². The number of nitrogens with one attached hydrogen (secondary N) is 1. The van der Waals surface area contributed by atoms with E-state index in [2.05, 4.69) is 10.3 Å². The number of nitrogen functional groups attached to an aromatic ring is 1. The molecule has 0 spiro atoms. The number of pyridine rings is 1. The van der Waals surface area contributed by atoms with E-state index in [1.54, 1.807) is 12.3 Å². The molecule has 0 aliphatic rings. The highest BCUT2D eigenvalue weighted by molar-refractivity contribution is 5.67. The average molecular weight is 297 g/mol. The third kappa shape index (κ3) is 4.94. The lowest BCUT2D eigenvalue weighted by atomic mass is 10.1. The van der Waals surface area contributed by atoms with Gasteiger partial charge < -0.3 is 15.8 Å². The molecule has 5 heteroatoms. The number of alkyl carbamates (subject to hydrolysis) is 1. The summed E-state index contributed by atoms with van der Waals surface area (Å²) in [5.74, 6) is 0.497. The minimum atomic E-state index is -0.444. The first-order valence-electron chi connectivity index (χ1n) is 6.98. The molecule has 0 atom stereocenters. The van der Waals surface area contributed by atoms with Gasteiger partial charge in [-0.05, 0) is 29.7 Å². The first kappa shape index (κ1) is 15.6. The van der Waals surface area contributed by atoms with Crippen LogP contribution in [0.4, 0.5) is 10.6 Å². The van der Waals surface area contributed by atoms with Crippen molar-refractivity contribution < 1.29 is 9.53 Å². The van der Waals surface area contributed by atoms with Crippen LogP contribution in [0.15, 0.2) is 48.7 Å². The van der Waals surface area contributed by atoms with Crippen LogP contribution in [-0.4, -0.2) is 17.6 Å². The summed E-state index contributed by atoms with van der Waals surface area (Å²) in [6, 6.07) is 11.3. The van der Waals surface area contributed by atoms with Crippen LogP contribution < -0.4 is 11.1 Å². The molecule has 1 heterocycles. The van der Waals surface area contributed by atoms with Gasteiger partial charge in [-0.3, -0.25) is 0 Å². The van der Waals surface area contributed by atoms with Crippen LogP contribution in [0.5, 0.6) is 0 Å². The van der Waals surface area contributed by atoms with E-state index in [9.17, 15) is 4.79 Å². The molecular weight excluding hydrogens is 278 g/mol. The van der Waals surface area contributed by atoms with E-state index in [-0.39, 0.29) is 6.61 Å². The van der Waals surface area contributed by atoms with Crippen molar-refractivity contribution in [3.63, 3.8) is 0 Å². The fourth-order valence-corrected chi connectivity index (χ4v) is 1.87. The minimum absolute atomic E-state index is 0.261. The van der Waals surface area contributed by atoms with E-state index in [4.69, 9.17) is 10.5 Å². The van der Waals surface area contributed by atoms with E-state index in [0.717, 1.165) is 16.7 Å². The summed E-state index contributed by atoms with van der Waals surface area (Å²) in [4.78, 5) is 15.6. The molecular formula is C17H19N3O2. The van der Waals surface area contributed by atoms with Crippen LogP contribution >= 0.6 is 0 Å². The third-order valence-electron chi connectivity index (χ3n) is 3.05. The summed E-state index contributed by atoms with van der Waals surface area (Å²) in [5, 5.41) is 2.66. The quantitative estimate of drug-likeness (QED) is 0.889. The number of aryl methyl sites for hydroxylation is 1. The molecule has 114 valence electrons. The Bertz CT molecular complexity index is 654. The number of carbonyl (C=O) groups excluding carboxylic acids is 1.